The summed E-state index contributed by atoms with van der Waals surface area (Å²) < 4.78 is 0.892. The third kappa shape index (κ3) is 2.91. The maximum Gasteiger partial charge on any atom is 0.122 e. The van der Waals surface area contributed by atoms with E-state index in [-0.39, 0.29) is 5.84 Å². The Labute approximate surface area is 134 Å². The van der Waals surface area contributed by atoms with E-state index in [4.69, 9.17) is 11.1 Å². The van der Waals surface area contributed by atoms with Crippen molar-refractivity contribution in [3.8, 4) is 0 Å². The zero-order valence-electron chi connectivity index (χ0n) is 10.9. The minimum absolute atomic E-state index is 0.0553. The number of amidine groups is 1. The molecule has 21 heavy (non-hydrogen) atoms. The van der Waals surface area contributed by atoms with Crippen LogP contribution in [0, 0.1) is 5.41 Å². The van der Waals surface area contributed by atoms with E-state index in [1.54, 1.807) is 18.1 Å². The van der Waals surface area contributed by atoms with Crippen LogP contribution in [0.3, 0.4) is 0 Å². The molecule has 0 bridgehead atoms. The number of hydrogen-bond donors (Lipinski definition) is 2. The standard InChI is InChI=1S/C15H11BrN4S/c16-11-7-9(14(17)18)5-6-13(11)21-15-10-3-1-2-4-12(10)19-8-20-15/h1-8H,(H3,17,18). The molecule has 6 heteroatoms. The summed E-state index contributed by atoms with van der Waals surface area (Å²) in [4.78, 5) is 9.64. The molecule has 0 radical (unpaired) electrons. The van der Waals surface area contributed by atoms with Gasteiger partial charge < -0.3 is 5.73 Å². The van der Waals surface area contributed by atoms with Crippen molar-refractivity contribution >= 4 is 44.4 Å². The summed E-state index contributed by atoms with van der Waals surface area (Å²) in [6.07, 6.45) is 1.57. The first-order chi connectivity index (χ1) is 10.1. The van der Waals surface area contributed by atoms with Crippen LogP contribution in [0.2, 0.25) is 0 Å². The maximum absolute atomic E-state index is 7.46. The number of nitrogens with one attached hydrogen (secondary N) is 1. The van der Waals surface area contributed by atoms with E-state index in [2.05, 4.69) is 25.9 Å². The van der Waals surface area contributed by atoms with Gasteiger partial charge in [-0.3, -0.25) is 5.41 Å². The molecule has 0 atom stereocenters. The molecular weight excluding hydrogens is 348 g/mol. The van der Waals surface area contributed by atoms with Crippen molar-refractivity contribution < 1.29 is 0 Å². The number of rotatable bonds is 3. The van der Waals surface area contributed by atoms with Crippen molar-refractivity contribution in [2.45, 2.75) is 9.92 Å². The van der Waals surface area contributed by atoms with Crippen molar-refractivity contribution in [3.05, 3.63) is 58.8 Å². The fourth-order valence-electron chi connectivity index (χ4n) is 1.92. The molecule has 0 aliphatic rings. The molecule has 1 heterocycles. The van der Waals surface area contributed by atoms with Crippen LogP contribution in [0.15, 0.2) is 63.2 Å². The summed E-state index contributed by atoms with van der Waals surface area (Å²) in [6.45, 7) is 0. The van der Waals surface area contributed by atoms with Gasteiger partial charge in [-0.2, -0.15) is 0 Å². The van der Waals surface area contributed by atoms with Gasteiger partial charge in [-0.1, -0.05) is 36.0 Å². The Hall–Kier alpha value is -1.92. The molecular formula is C15H11BrN4S. The van der Waals surface area contributed by atoms with Crippen molar-refractivity contribution in [2.75, 3.05) is 0 Å². The van der Waals surface area contributed by atoms with Gasteiger partial charge in [0.15, 0.2) is 0 Å². The van der Waals surface area contributed by atoms with Crippen molar-refractivity contribution in [2.24, 2.45) is 5.73 Å². The predicted octanol–water partition coefficient (Wildman–Crippen LogP) is 3.83. The second-order valence-electron chi connectivity index (χ2n) is 4.36. The number of halogens is 1. The molecule has 0 aliphatic carbocycles. The number of para-hydroxylation sites is 1. The van der Waals surface area contributed by atoms with Crippen molar-refractivity contribution in [3.63, 3.8) is 0 Å². The van der Waals surface area contributed by atoms with Crippen LogP contribution in [0.25, 0.3) is 10.9 Å². The van der Waals surface area contributed by atoms with Crippen molar-refractivity contribution in [1.82, 2.24) is 9.97 Å². The summed E-state index contributed by atoms with van der Waals surface area (Å²) in [6, 6.07) is 13.5. The number of aromatic nitrogens is 2. The highest BCUT2D eigenvalue weighted by Crippen LogP contribution is 2.35. The lowest BCUT2D eigenvalue weighted by molar-refractivity contribution is 1.10. The van der Waals surface area contributed by atoms with Crippen LogP contribution < -0.4 is 5.73 Å². The van der Waals surface area contributed by atoms with Crippen LogP contribution in [-0.2, 0) is 0 Å². The lowest BCUT2D eigenvalue weighted by Gasteiger charge is -2.07. The Kier molecular flexibility index (Phi) is 3.90. The number of hydrogen-bond acceptors (Lipinski definition) is 4. The minimum atomic E-state index is 0.0553. The van der Waals surface area contributed by atoms with E-state index in [1.807, 2.05) is 42.5 Å². The smallest absolute Gasteiger partial charge is 0.122 e. The third-order valence-electron chi connectivity index (χ3n) is 2.96. The summed E-state index contributed by atoms with van der Waals surface area (Å²) in [5.41, 5.74) is 7.11. The first-order valence-corrected chi connectivity index (χ1v) is 7.77. The number of nitrogens with two attached hydrogens (primary N) is 1. The topological polar surface area (TPSA) is 75.7 Å². The van der Waals surface area contributed by atoms with E-state index < -0.39 is 0 Å². The Morgan fingerprint density at radius 1 is 1.14 bits per heavy atom. The second-order valence-corrected chi connectivity index (χ2v) is 6.24. The van der Waals surface area contributed by atoms with Crippen LogP contribution in [0.1, 0.15) is 5.56 Å². The van der Waals surface area contributed by atoms with E-state index in [9.17, 15) is 0 Å². The van der Waals surface area contributed by atoms with Gasteiger partial charge in [0, 0.05) is 20.3 Å². The maximum atomic E-state index is 7.46. The fourth-order valence-corrected chi connectivity index (χ4v) is 3.42. The van der Waals surface area contributed by atoms with Crippen molar-refractivity contribution in [1.29, 1.82) is 5.41 Å². The van der Waals surface area contributed by atoms with Gasteiger partial charge in [-0.25, -0.2) is 9.97 Å². The number of fused-ring (bicyclic) bond motifs is 1. The molecule has 3 aromatic rings. The van der Waals surface area contributed by atoms with Gasteiger partial charge in [0.25, 0.3) is 0 Å². The molecule has 2 aromatic carbocycles. The van der Waals surface area contributed by atoms with Crippen LogP contribution in [0.5, 0.6) is 0 Å². The highest BCUT2D eigenvalue weighted by Gasteiger charge is 2.09. The van der Waals surface area contributed by atoms with Gasteiger partial charge in [0.05, 0.1) is 5.52 Å². The van der Waals surface area contributed by atoms with Gasteiger partial charge in [-0.15, -0.1) is 0 Å². The number of nitrogens with zero attached hydrogens (tertiary/aromatic N) is 2. The van der Waals surface area contributed by atoms with E-state index in [0.29, 0.717) is 5.56 Å². The molecule has 0 unspecified atom stereocenters. The first-order valence-electron chi connectivity index (χ1n) is 6.16. The average Bonchev–Trinajstić information content (AvgIpc) is 2.49. The van der Waals surface area contributed by atoms with E-state index >= 15 is 0 Å². The Morgan fingerprint density at radius 3 is 2.71 bits per heavy atom. The van der Waals surface area contributed by atoms with Crippen LogP contribution in [-0.4, -0.2) is 15.8 Å². The molecule has 0 aliphatic heterocycles. The molecule has 0 saturated heterocycles. The molecule has 0 amide bonds. The lowest BCUT2D eigenvalue weighted by atomic mass is 10.2. The Morgan fingerprint density at radius 2 is 1.95 bits per heavy atom. The Balaban J connectivity index is 2.01. The largest absolute Gasteiger partial charge is 0.384 e. The van der Waals surface area contributed by atoms with Gasteiger partial charge >= 0.3 is 0 Å². The summed E-state index contributed by atoms with van der Waals surface area (Å²) in [5.74, 6) is 0.0553. The average molecular weight is 359 g/mol. The third-order valence-corrected chi connectivity index (χ3v) is 4.97. The minimum Gasteiger partial charge on any atom is -0.384 e. The Bertz CT molecular complexity index is 830. The first kappa shape index (κ1) is 14.0. The zero-order chi connectivity index (χ0) is 14.8. The molecule has 0 spiro atoms. The summed E-state index contributed by atoms with van der Waals surface area (Å²) >= 11 is 5.08. The SMILES string of the molecule is N=C(N)c1ccc(Sc2ncnc3ccccc23)c(Br)c1. The second kappa shape index (κ2) is 5.83. The molecule has 0 saturated carbocycles. The molecule has 3 N–H and O–H groups in total. The molecule has 104 valence electrons. The molecule has 1 aromatic heterocycles. The fraction of sp³-hybridized carbons (Fsp3) is 0. The normalized spacial score (nSPS) is 10.7. The zero-order valence-corrected chi connectivity index (χ0v) is 13.3. The van der Waals surface area contributed by atoms with Gasteiger partial charge in [0.1, 0.15) is 17.2 Å². The quantitative estimate of drug-likeness (QED) is 0.423. The highest BCUT2D eigenvalue weighted by molar-refractivity contribution is 9.10. The number of nitrogen functional groups attached to an aromatic ring is 1. The molecule has 4 nitrogen and oxygen atoms in total. The molecule has 3 rings (SSSR count). The number of benzene rings is 2. The highest BCUT2D eigenvalue weighted by atomic mass is 79.9. The monoisotopic (exact) mass is 358 g/mol. The molecule has 0 fully saturated rings. The lowest BCUT2D eigenvalue weighted by Crippen LogP contribution is -2.10. The van der Waals surface area contributed by atoms with Gasteiger partial charge in [-0.05, 0) is 34.1 Å². The van der Waals surface area contributed by atoms with E-state index in [0.717, 1.165) is 25.3 Å². The van der Waals surface area contributed by atoms with Crippen LogP contribution in [0.4, 0.5) is 0 Å². The summed E-state index contributed by atoms with van der Waals surface area (Å²) in [7, 11) is 0. The van der Waals surface area contributed by atoms with Crippen LogP contribution >= 0.6 is 27.7 Å². The predicted molar refractivity (Wildman–Crippen MR) is 88.8 cm³/mol. The van der Waals surface area contributed by atoms with E-state index in [1.165, 1.54) is 0 Å². The summed E-state index contributed by atoms with van der Waals surface area (Å²) in [5, 5.41) is 9.38. The van der Waals surface area contributed by atoms with Gasteiger partial charge in [0.2, 0.25) is 0 Å².